The van der Waals surface area contributed by atoms with E-state index in [4.69, 9.17) is 0 Å². The van der Waals surface area contributed by atoms with E-state index in [2.05, 4.69) is 20.3 Å². The summed E-state index contributed by atoms with van der Waals surface area (Å²) in [5, 5.41) is 3.37. The largest absolute Gasteiger partial charge is 0.369 e. The molecule has 7 nitrogen and oxygen atoms in total. The lowest BCUT2D eigenvalue weighted by Crippen LogP contribution is -2.21. The van der Waals surface area contributed by atoms with Crippen LogP contribution in [0, 0.1) is 12.7 Å². The molecule has 0 unspecified atom stereocenters. The minimum atomic E-state index is -2.92. The molecule has 5 rings (SSSR count). The maximum Gasteiger partial charge on any atom is 0.266 e. The van der Waals surface area contributed by atoms with Crippen LogP contribution in [-0.4, -0.2) is 25.6 Å². The van der Waals surface area contributed by atoms with Crippen molar-refractivity contribution >= 4 is 5.82 Å². The number of nitrogens with one attached hydrogen (secondary N) is 1. The van der Waals surface area contributed by atoms with Crippen LogP contribution < -0.4 is 16.4 Å². The maximum atomic E-state index is 14.8. The summed E-state index contributed by atoms with van der Waals surface area (Å²) in [4.78, 5) is 26.1. The summed E-state index contributed by atoms with van der Waals surface area (Å²) in [6, 6.07) is 8.43. The molecule has 0 aliphatic carbocycles. The SMILES string of the molecule is Cc1nc2n3c(c(-c4ccn(C)c(=O)c4)cc-2c(=N[C@H](C)c2cccc(C(F)F)c2F)n1)NCC3. The molecule has 0 amide bonds. The van der Waals surface area contributed by atoms with Crippen LogP contribution in [0.3, 0.4) is 0 Å². The molecule has 3 aliphatic rings. The van der Waals surface area contributed by atoms with Crippen molar-refractivity contribution in [2.45, 2.75) is 32.9 Å². The van der Waals surface area contributed by atoms with Crippen LogP contribution in [0.25, 0.3) is 22.5 Å². The van der Waals surface area contributed by atoms with Gasteiger partial charge in [0.1, 0.15) is 23.3 Å². The summed E-state index contributed by atoms with van der Waals surface area (Å²) in [5.74, 6) is 0.999. The Balaban J connectivity index is 1.74. The highest BCUT2D eigenvalue weighted by Gasteiger charge is 2.25. The molecular formula is C25H23F3N6O. The molecule has 0 saturated heterocycles. The number of fused-ring (bicyclic) bond motifs is 3. The molecule has 3 aliphatic heterocycles. The number of aryl methyl sites for hydroxylation is 2. The highest BCUT2D eigenvalue weighted by molar-refractivity contribution is 5.82. The van der Waals surface area contributed by atoms with Crippen molar-refractivity contribution in [2.24, 2.45) is 12.0 Å². The predicted molar refractivity (Wildman–Crippen MR) is 126 cm³/mol. The van der Waals surface area contributed by atoms with Gasteiger partial charge in [-0.1, -0.05) is 18.2 Å². The molecule has 0 saturated carbocycles. The number of pyridine rings is 2. The van der Waals surface area contributed by atoms with Gasteiger partial charge in [0.25, 0.3) is 12.0 Å². The number of alkyl halides is 2. The van der Waals surface area contributed by atoms with Crippen LogP contribution >= 0.6 is 0 Å². The van der Waals surface area contributed by atoms with Gasteiger partial charge in [0.15, 0.2) is 5.49 Å². The summed E-state index contributed by atoms with van der Waals surface area (Å²) in [6.45, 7) is 4.72. The molecule has 0 radical (unpaired) electrons. The molecule has 1 N–H and O–H groups in total. The predicted octanol–water partition coefficient (Wildman–Crippen LogP) is 4.22. The molecule has 0 spiro atoms. The molecule has 35 heavy (non-hydrogen) atoms. The van der Waals surface area contributed by atoms with Crippen molar-refractivity contribution in [1.29, 1.82) is 0 Å². The molecular weight excluding hydrogens is 457 g/mol. The lowest BCUT2D eigenvalue weighted by molar-refractivity contribution is 0.146. The smallest absolute Gasteiger partial charge is 0.266 e. The Kier molecular flexibility index (Phi) is 5.66. The molecule has 0 fully saturated rings. The second kappa shape index (κ2) is 8.68. The lowest BCUT2D eigenvalue weighted by atomic mass is 10.0. The molecule has 1 aromatic carbocycles. The van der Waals surface area contributed by atoms with Gasteiger partial charge in [0.05, 0.1) is 17.2 Å². The molecule has 2 aromatic rings. The zero-order valence-electron chi connectivity index (χ0n) is 19.4. The number of hydrogen-bond donors (Lipinski definition) is 1. The number of benzene rings is 1. The fourth-order valence-corrected chi connectivity index (χ4v) is 4.39. The first-order valence-corrected chi connectivity index (χ1v) is 11.2. The Hall–Kier alpha value is -3.95. The average molecular weight is 480 g/mol. The third-order valence-corrected chi connectivity index (χ3v) is 6.19. The van der Waals surface area contributed by atoms with Gasteiger partial charge < -0.3 is 14.5 Å². The fraction of sp³-hybridized carbons (Fsp3) is 0.280. The van der Waals surface area contributed by atoms with Crippen molar-refractivity contribution in [1.82, 2.24) is 19.1 Å². The van der Waals surface area contributed by atoms with Gasteiger partial charge in [-0.15, -0.1) is 0 Å². The number of halogens is 3. The Bertz CT molecular complexity index is 1540. The standard InChI is InChI=1S/C25H23F3N6O/c1-13(16-5-4-6-17(21(16)26)22(27)28)30-23-19-12-18(15-7-9-33(3)20(35)11-15)24-29-8-10-34(24)25(19)32-14(2)31-23/h4-7,9,11-13,22,29H,8,10H2,1-3H3/t13-/m1/s1. The number of aromatic nitrogens is 4. The second-order valence-corrected chi connectivity index (χ2v) is 8.54. The van der Waals surface area contributed by atoms with Crippen LogP contribution in [-0.2, 0) is 13.6 Å². The first-order valence-electron chi connectivity index (χ1n) is 11.2. The Morgan fingerprint density at radius 2 is 1.89 bits per heavy atom. The topological polar surface area (TPSA) is 77.1 Å². The first-order chi connectivity index (χ1) is 16.7. The lowest BCUT2D eigenvalue weighted by Gasteiger charge is -2.18. The minimum absolute atomic E-state index is 0.0643. The third-order valence-electron chi connectivity index (χ3n) is 6.19. The molecule has 10 heteroatoms. The van der Waals surface area contributed by atoms with Crippen LogP contribution in [0.4, 0.5) is 19.0 Å². The van der Waals surface area contributed by atoms with Crippen molar-refractivity contribution in [2.75, 3.05) is 11.9 Å². The fourth-order valence-electron chi connectivity index (χ4n) is 4.39. The van der Waals surface area contributed by atoms with Gasteiger partial charge in [-0.05, 0) is 31.5 Å². The van der Waals surface area contributed by atoms with Crippen molar-refractivity contribution < 1.29 is 13.2 Å². The van der Waals surface area contributed by atoms with E-state index in [0.29, 0.717) is 35.8 Å². The van der Waals surface area contributed by atoms with Gasteiger partial charge in [-0.25, -0.2) is 23.1 Å². The summed E-state index contributed by atoms with van der Waals surface area (Å²) in [6.07, 6.45) is -1.22. The second-order valence-electron chi connectivity index (χ2n) is 8.54. The average Bonchev–Trinajstić information content (AvgIpc) is 3.31. The quantitative estimate of drug-likeness (QED) is 0.475. The maximum absolute atomic E-state index is 14.8. The van der Waals surface area contributed by atoms with Gasteiger partial charge in [-0.3, -0.25) is 9.79 Å². The zero-order chi connectivity index (χ0) is 24.9. The van der Waals surface area contributed by atoms with E-state index in [0.717, 1.165) is 23.0 Å². The number of anilines is 1. The zero-order valence-corrected chi connectivity index (χ0v) is 19.4. The molecule has 1 atom stereocenters. The van der Waals surface area contributed by atoms with Crippen molar-refractivity contribution in [3.05, 3.63) is 81.2 Å². The Morgan fingerprint density at radius 3 is 2.63 bits per heavy atom. The van der Waals surface area contributed by atoms with Gasteiger partial charge in [0.2, 0.25) is 0 Å². The van der Waals surface area contributed by atoms with Crippen LogP contribution in [0.5, 0.6) is 0 Å². The van der Waals surface area contributed by atoms with Crippen LogP contribution in [0.1, 0.15) is 36.3 Å². The number of hydrogen-bond acceptors (Lipinski definition) is 5. The van der Waals surface area contributed by atoms with Crippen molar-refractivity contribution in [3.63, 3.8) is 0 Å². The highest BCUT2D eigenvalue weighted by Crippen LogP contribution is 2.36. The number of rotatable bonds is 4. The summed E-state index contributed by atoms with van der Waals surface area (Å²) < 4.78 is 44.7. The van der Waals surface area contributed by atoms with E-state index in [1.807, 2.05) is 16.7 Å². The molecule has 4 heterocycles. The van der Waals surface area contributed by atoms with E-state index < -0.39 is 23.8 Å². The molecule has 180 valence electrons. The van der Waals surface area contributed by atoms with Crippen LogP contribution in [0.2, 0.25) is 0 Å². The normalized spacial score (nSPS) is 14.4. The van der Waals surface area contributed by atoms with Gasteiger partial charge in [-0.2, -0.15) is 0 Å². The third kappa shape index (κ3) is 3.98. The van der Waals surface area contributed by atoms with Crippen LogP contribution in [0.15, 0.2) is 52.4 Å². The Morgan fingerprint density at radius 1 is 1.11 bits per heavy atom. The molecule has 1 aromatic heterocycles. The first kappa shape index (κ1) is 22.8. The van der Waals surface area contributed by atoms with E-state index in [1.165, 1.54) is 16.7 Å². The summed E-state index contributed by atoms with van der Waals surface area (Å²) >= 11 is 0. The van der Waals surface area contributed by atoms with Gasteiger partial charge >= 0.3 is 0 Å². The minimum Gasteiger partial charge on any atom is -0.369 e. The van der Waals surface area contributed by atoms with Crippen molar-refractivity contribution in [3.8, 4) is 22.5 Å². The molecule has 0 bridgehead atoms. The number of nitrogens with zero attached hydrogens (tertiary/aromatic N) is 5. The monoisotopic (exact) mass is 480 g/mol. The van der Waals surface area contributed by atoms with E-state index in [1.54, 1.807) is 33.2 Å². The summed E-state index contributed by atoms with van der Waals surface area (Å²) in [5.41, 5.74) is 1.73. The Labute approximate surface area is 199 Å². The summed E-state index contributed by atoms with van der Waals surface area (Å²) in [7, 11) is 1.68. The van der Waals surface area contributed by atoms with E-state index in [-0.39, 0.29) is 11.1 Å². The highest BCUT2D eigenvalue weighted by atomic mass is 19.3. The van der Waals surface area contributed by atoms with Gasteiger partial charge in [0, 0.05) is 43.5 Å². The van der Waals surface area contributed by atoms with E-state index >= 15 is 0 Å². The van der Waals surface area contributed by atoms with E-state index in [9.17, 15) is 18.0 Å².